The molecule has 2 aromatic rings. The van der Waals surface area contributed by atoms with Crippen LogP contribution in [0.25, 0.3) is 0 Å². The molecule has 2 rings (SSSR count). The van der Waals surface area contributed by atoms with Gasteiger partial charge in [-0.2, -0.15) is 0 Å². The lowest BCUT2D eigenvalue weighted by Gasteiger charge is -2.10. The van der Waals surface area contributed by atoms with Gasteiger partial charge in [0.1, 0.15) is 0 Å². The molecule has 0 radical (unpaired) electrons. The van der Waals surface area contributed by atoms with Gasteiger partial charge in [0.25, 0.3) is 0 Å². The van der Waals surface area contributed by atoms with Gasteiger partial charge in [0.15, 0.2) is 10.1 Å². The van der Waals surface area contributed by atoms with Crippen molar-refractivity contribution in [1.82, 2.24) is 10.2 Å². The van der Waals surface area contributed by atoms with Gasteiger partial charge in [0.05, 0.1) is 5.25 Å². The van der Waals surface area contributed by atoms with E-state index in [-0.39, 0.29) is 22.9 Å². The van der Waals surface area contributed by atoms with Crippen molar-refractivity contribution in [2.75, 3.05) is 17.2 Å². The summed E-state index contributed by atoms with van der Waals surface area (Å²) in [4.78, 5) is 24.3. The maximum Gasteiger partial charge on any atom is 0.226 e. The van der Waals surface area contributed by atoms with Crippen molar-refractivity contribution in [1.29, 1.82) is 0 Å². The number of carbonyl (C=O) groups excluding carboxylic acids is 2. The molecule has 1 atom stereocenters. The molecule has 0 unspecified atom stereocenters. The van der Waals surface area contributed by atoms with Gasteiger partial charge < -0.3 is 10.6 Å². The van der Waals surface area contributed by atoms with Crippen LogP contribution in [-0.4, -0.2) is 33.7 Å². The van der Waals surface area contributed by atoms with Crippen molar-refractivity contribution in [2.45, 2.75) is 43.7 Å². The van der Waals surface area contributed by atoms with E-state index in [2.05, 4.69) is 27.8 Å². The van der Waals surface area contributed by atoms with Gasteiger partial charge in [-0.3, -0.25) is 9.59 Å². The van der Waals surface area contributed by atoms with Crippen LogP contribution in [0.15, 0.2) is 28.6 Å². The van der Waals surface area contributed by atoms with Crippen molar-refractivity contribution in [3.05, 3.63) is 29.8 Å². The Kier molecular flexibility index (Phi) is 7.59. The fourth-order valence-corrected chi connectivity index (χ4v) is 4.00. The number of hydrogen-bond donors (Lipinski definition) is 2. The van der Waals surface area contributed by atoms with Gasteiger partial charge in [-0.05, 0) is 37.6 Å². The van der Waals surface area contributed by atoms with E-state index in [1.807, 2.05) is 20.8 Å². The number of amides is 1. The second kappa shape index (κ2) is 9.68. The highest BCUT2D eigenvalue weighted by Crippen LogP contribution is 2.30. The monoisotopic (exact) mass is 392 g/mol. The SMILES string of the molecule is CCCNc1nnc(S[C@@H](C)C(=O)c2ccc(NC(=O)C(C)C)cc2)s1. The van der Waals surface area contributed by atoms with Crippen LogP contribution in [0.3, 0.4) is 0 Å². The van der Waals surface area contributed by atoms with Gasteiger partial charge in [-0.15, -0.1) is 10.2 Å². The predicted molar refractivity (Wildman–Crippen MR) is 108 cm³/mol. The van der Waals surface area contributed by atoms with Crippen molar-refractivity contribution < 1.29 is 9.59 Å². The molecule has 1 heterocycles. The molecule has 1 amide bonds. The van der Waals surface area contributed by atoms with Crippen molar-refractivity contribution in [3.63, 3.8) is 0 Å². The summed E-state index contributed by atoms with van der Waals surface area (Å²) in [6, 6.07) is 6.98. The van der Waals surface area contributed by atoms with Crippen LogP contribution in [0, 0.1) is 5.92 Å². The summed E-state index contributed by atoms with van der Waals surface area (Å²) < 4.78 is 0.769. The zero-order valence-corrected chi connectivity index (χ0v) is 17.0. The minimum atomic E-state index is -0.266. The number of nitrogens with one attached hydrogen (secondary N) is 2. The van der Waals surface area contributed by atoms with Crippen molar-refractivity contribution in [3.8, 4) is 0 Å². The topological polar surface area (TPSA) is 84.0 Å². The highest BCUT2D eigenvalue weighted by Gasteiger charge is 2.19. The quantitative estimate of drug-likeness (QED) is 0.488. The average molecular weight is 393 g/mol. The highest BCUT2D eigenvalue weighted by molar-refractivity contribution is 8.02. The van der Waals surface area contributed by atoms with E-state index < -0.39 is 0 Å². The molecule has 0 aliphatic heterocycles. The number of thioether (sulfide) groups is 1. The van der Waals surface area contributed by atoms with E-state index in [1.54, 1.807) is 24.3 Å². The van der Waals surface area contributed by atoms with E-state index in [0.717, 1.165) is 22.4 Å². The third kappa shape index (κ3) is 5.81. The Morgan fingerprint density at radius 3 is 2.46 bits per heavy atom. The number of aromatic nitrogens is 2. The summed E-state index contributed by atoms with van der Waals surface area (Å²) in [5.41, 5.74) is 1.30. The van der Waals surface area contributed by atoms with E-state index in [0.29, 0.717) is 11.3 Å². The zero-order valence-electron chi connectivity index (χ0n) is 15.4. The molecule has 2 N–H and O–H groups in total. The van der Waals surface area contributed by atoms with E-state index >= 15 is 0 Å². The van der Waals surface area contributed by atoms with Gasteiger partial charge in [0, 0.05) is 23.7 Å². The second-order valence-electron chi connectivity index (χ2n) is 6.15. The van der Waals surface area contributed by atoms with Gasteiger partial charge >= 0.3 is 0 Å². The molecule has 140 valence electrons. The Morgan fingerprint density at radius 1 is 1.15 bits per heavy atom. The number of Topliss-reactive ketones (excluding diaryl/α,β-unsaturated/α-hetero) is 1. The van der Waals surface area contributed by atoms with Crippen LogP contribution < -0.4 is 10.6 Å². The Bertz CT molecular complexity index is 744. The Balaban J connectivity index is 1.95. The van der Waals surface area contributed by atoms with E-state index in [9.17, 15) is 9.59 Å². The third-order valence-electron chi connectivity index (χ3n) is 3.54. The molecule has 0 aliphatic carbocycles. The fourth-order valence-electron chi connectivity index (χ4n) is 2.00. The molecule has 6 nitrogen and oxygen atoms in total. The van der Waals surface area contributed by atoms with Crippen molar-refractivity contribution in [2.24, 2.45) is 5.92 Å². The molecule has 0 spiro atoms. The largest absolute Gasteiger partial charge is 0.360 e. The van der Waals surface area contributed by atoms with Crippen molar-refractivity contribution >= 4 is 45.6 Å². The lowest BCUT2D eigenvalue weighted by atomic mass is 10.1. The maximum atomic E-state index is 12.6. The van der Waals surface area contributed by atoms with E-state index in [4.69, 9.17) is 0 Å². The lowest BCUT2D eigenvalue weighted by Crippen LogP contribution is -2.18. The van der Waals surface area contributed by atoms with Gasteiger partial charge in [0.2, 0.25) is 11.0 Å². The first-order valence-corrected chi connectivity index (χ1v) is 10.3. The molecule has 0 fully saturated rings. The first-order valence-electron chi connectivity index (χ1n) is 8.59. The molecular weight excluding hydrogens is 368 g/mol. The number of rotatable bonds is 9. The summed E-state index contributed by atoms with van der Waals surface area (Å²) in [5, 5.41) is 14.7. The number of carbonyl (C=O) groups is 2. The third-order valence-corrected chi connectivity index (χ3v) is 5.61. The molecule has 0 saturated carbocycles. The Hall–Kier alpha value is -1.93. The minimum absolute atomic E-state index is 0.0232. The molecule has 0 saturated heterocycles. The maximum absolute atomic E-state index is 12.6. The van der Waals surface area contributed by atoms with Crippen LogP contribution in [0.5, 0.6) is 0 Å². The minimum Gasteiger partial charge on any atom is -0.360 e. The number of hydrogen-bond acceptors (Lipinski definition) is 7. The summed E-state index contributed by atoms with van der Waals surface area (Å²) >= 11 is 2.86. The van der Waals surface area contributed by atoms with Crippen LogP contribution in [0.2, 0.25) is 0 Å². The molecule has 0 aliphatic rings. The number of benzene rings is 1. The summed E-state index contributed by atoms with van der Waals surface area (Å²) in [6.45, 7) is 8.48. The van der Waals surface area contributed by atoms with Crippen LogP contribution in [0.1, 0.15) is 44.5 Å². The predicted octanol–water partition coefficient (Wildman–Crippen LogP) is 4.32. The van der Waals surface area contributed by atoms with Crippen LogP contribution in [0.4, 0.5) is 10.8 Å². The molecule has 8 heteroatoms. The summed E-state index contributed by atoms with van der Waals surface area (Å²) in [7, 11) is 0. The summed E-state index contributed by atoms with van der Waals surface area (Å²) in [6.07, 6.45) is 1.02. The normalized spacial score (nSPS) is 12.0. The Morgan fingerprint density at radius 2 is 1.85 bits per heavy atom. The van der Waals surface area contributed by atoms with Gasteiger partial charge in [-0.25, -0.2) is 0 Å². The van der Waals surface area contributed by atoms with E-state index in [1.165, 1.54) is 23.1 Å². The molecular formula is C18H24N4O2S2. The van der Waals surface area contributed by atoms with Gasteiger partial charge in [-0.1, -0.05) is 43.9 Å². The number of ketones is 1. The number of anilines is 2. The second-order valence-corrected chi connectivity index (χ2v) is 8.71. The lowest BCUT2D eigenvalue weighted by molar-refractivity contribution is -0.118. The first-order chi connectivity index (χ1) is 12.4. The number of nitrogens with zero attached hydrogens (tertiary/aromatic N) is 2. The molecule has 1 aromatic carbocycles. The highest BCUT2D eigenvalue weighted by atomic mass is 32.2. The smallest absolute Gasteiger partial charge is 0.226 e. The summed E-state index contributed by atoms with van der Waals surface area (Å²) in [5.74, 6) is -0.108. The van der Waals surface area contributed by atoms with Crippen LogP contribution in [-0.2, 0) is 4.79 Å². The molecule has 0 bridgehead atoms. The van der Waals surface area contributed by atoms with Crippen LogP contribution >= 0.6 is 23.1 Å². The molecule has 1 aromatic heterocycles. The Labute approximate surface area is 162 Å². The average Bonchev–Trinajstić information content (AvgIpc) is 3.07. The fraction of sp³-hybridized carbons (Fsp3) is 0.444. The molecule has 26 heavy (non-hydrogen) atoms. The standard InChI is InChI=1S/C18H24N4O2S2/c1-5-10-19-17-21-22-18(26-17)25-12(4)15(23)13-6-8-14(9-7-13)20-16(24)11(2)3/h6-9,11-12H,5,10H2,1-4H3,(H,19,21)(H,20,24)/t12-/m0/s1. The first kappa shape index (κ1) is 20.4. The zero-order chi connectivity index (χ0) is 19.1.